The fraction of sp³-hybridized carbons (Fsp3) is 0.136. The van der Waals surface area contributed by atoms with Gasteiger partial charge in [-0.15, -0.1) is 0 Å². The predicted molar refractivity (Wildman–Crippen MR) is 117 cm³/mol. The van der Waals surface area contributed by atoms with Crippen molar-refractivity contribution in [3.63, 3.8) is 0 Å². The predicted octanol–water partition coefficient (Wildman–Crippen LogP) is 3.31. The van der Waals surface area contributed by atoms with E-state index < -0.39 is 18.6 Å². The average molecular weight is 465 g/mol. The third kappa shape index (κ3) is 3.98. The molecule has 1 atom stereocenters. The summed E-state index contributed by atoms with van der Waals surface area (Å²) in [5.74, 6) is 0.0162. The molecule has 1 aromatic heterocycles. The molecule has 0 spiro atoms. The quantitative estimate of drug-likeness (QED) is 0.557. The third-order valence-electron chi connectivity index (χ3n) is 4.59. The van der Waals surface area contributed by atoms with Gasteiger partial charge in [0.1, 0.15) is 11.8 Å². The molecule has 0 aliphatic carbocycles. The van der Waals surface area contributed by atoms with Crippen molar-refractivity contribution in [2.75, 3.05) is 13.7 Å². The minimum absolute atomic E-state index is 0.274. The molecule has 2 aromatic carbocycles. The van der Waals surface area contributed by atoms with Crippen molar-refractivity contribution >= 4 is 44.4 Å². The number of aromatic nitrogens is 1. The number of ether oxygens (including phenoxy) is 1. The largest absolute Gasteiger partial charge is 0.496 e. The highest BCUT2D eigenvalue weighted by molar-refractivity contribution is 9.10. The van der Waals surface area contributed by atoms with Crippen LogP contribution in [0.25, 0.3) is 22.6 Å². The Morgan fingerprint density at radius 2 is 2.10 bits per heavy atom. The molecule has 0 fully saturated rings. The van der Waals surface area contributed by atoms with Crippen LogP contribution in [0.5, 0.6) is 5.75 Å². The lowest BCUT2D eigenvalue weighted by Crippen LogP contribution is -2.37. The normalized spacial score (nSPS) is 12.3. The van der Waals surface area contributed by atoms with E-state index in [0.29, 0.717) is 33.3 Å². The molecule has 150 valence electrons. The van der Waals surface area contributed by atoms with Crippen molar-refractivity contribution in [3.05, 3.63) is 63.8 Å². The first-order valence-corrected chi connectivity index (χ1v) is 9.64. The fourth-order valence-electron chi connectivity index (χ4n) is 3.10. The van der Waals surface area contributed by atoms with E-state index in [0.717, 1.165) is 4.47 Å². The van der Waals surface area contributed by atoms with E-state index in [1.807, 2.05) is 0 Å². The number of nitriles is 2. The van der Waals surface area contributed by atoms with Crippen LogP contribution in [-0.2, 0) is 0 Å². The molecule has 0 radical (unpaired) electrons. The number of carbonyl (C=O) groups is 1. The zero-order chi connectivity index (χ0) is 21.8. The first-order chi connectivity index (χ1) is 14.4. The standard InChI is InChI=1S/C22H17BrN4O3/c1-30-21-5-2-13(9-24)6-14(21)7-15(10-25)18-11-27(22(29)19(26)12-28)20-4-3-16(23)8-17(18)20/h2-8,11,19,28H,12,26H2,1H3/b15-7+/t19-/m0/s1. The number of carbonyl (C=O) groups excluding carboxylic acids is 1. The number of nitrogens with two attached hydrogens (primary N) is 1. The zero-order valence-corrected chi connectivity index (χ0v) is 17.5. The Labute approximate surface area is 181 Å². The van der Waals surface area contributed by atoms with E-state index in [2.05, 4.69) is 28.1 Å². The van der Waals surface area contributed by atoms with E-state index >= 15 is 0 Å². The molecule has 30 heavy (non-hydrogen) atoms. The topological polar surface area (TPSA) is 125 Å². The van der Waals surface area contributed by atoms with Gasteiger partial charge >= 0.3 is 0 Å². The summed E-state index contributed by atoms with van der Waals surface area (Å²) in [6.07, 6.45) is 3.14. The Morgan fingerprint density at radius 1 is 1.33 bits per heavy atom. The van der Waals surface area contributed by atoms with E-state index in [9.17, 15) is 20.4 Å². The van der Waals surface area contributed by atoms with Crippen LogP contribution in [0.2, 0.25) is 0 Å². The summed E-state index contributed by atoms with van der Waals surface area (Å²) in [6, 6.07) is 13.4. The van der Waals surface area contributed by atoms with Gasteiger partial charge in [-0.05, 0) is 42.5 Å². The van der Waals surface area contributed by atoms with Gasteiger partial charge in [0.25, 0.3) is 0 Å². The molecule has 3 N–H and O–H groups in total. The number of rotatable bonds is 5. The van der Waals surface area contributed by atoms with Crippen LogP contribution in [0.4, 0.5) is 0 Å². The molecule has 0 saturated carbocycles. The average Bonchev–Trinajstić information content (AvgIpc) is 3.14. The van der Waals surface area contributed by atoms with Crippen molar-refractivity contribution in [3.8, 4) is 17.9 Å². The van der Waals surface area contributed by atoms with Crippen LogP contribution in [0.3, 0.4) is 0 Å². The van der Waals surface area contributed by atoms with E-state index in [4.69, 9.17) is 10.5 Å². The number of benzene rings is 2. The summed E-state index contributed by atoms with van der Waals surface area (Å²) in [5, 5.41) is 29.0. The molecular weight excluding hydrogens is 448 g/mol. The second-order valence-electron chi connectivity index (χ2n) is 6.44. The van der Waals surface area contributed by atoms with Gasteiger partial charge in [-0.25, -0.2) is 0 Å². The molecule has 0 aliphatic heterocycles. The first kappa shape index (κ1) is 21.3. The second kappa shape index (κ2) is 8.93. The number of fused-ring (bicyclic) bond motifs is 1. The summed E-state index contributed by atoms with van der Waals surface area (Å²) in [6.45, 7) is -0.497. The first-order valence-electron chi connectivity index (χ1n) is 8.85. The van der Waals surface area contributed by atoms with Crippen LogP contribution in [-0.4, -0.2) is 35.3 Å². The summed E-state index contributed by atoms with van der Waals surface area (Å²) >= 11 is 3.42. The highest BCUT2D eigenvalue weighted by Gasteiger charge is 2.21. The number of aliphatic hydroxyl groups is 1. The van der Waals surface area contributed by atoms with Crippen molar-refractivity contribution in [2.24, 2.45) is 5.73 Å². The SMILES string of the molecule is COc1ccc(C#N)cc1/C=C(\C#N)c1cn(C(=O)[C@@H](N)CO)c2ccc(Br)cc12. The fourth-order valence-corrected chi connectivity index (χ4v) is 3.46. The zero-order valence-electron chi connectivity index (χ0n) is 16.0. The molecule has 8 heteroatoms. The minimum Gasteiger partial charge on any atom is -0.496 e. The van der Waals surface area contributed by atoms with Gasteiger partial charge in [-0.1, -0.05) is 15.9 Å². The molecule has 0 bridgehead atoms. The summed E-state index contributed by atoms with van der Waals surface area (Å²) < 4.78 is 7.46. The van der Waals surface area contributed by atoms with Gasteiger partial charge in [-0.3, -0.25) is 9.36 Å². The molecule has 0 saturated heterocycles. The third-order valence-corrected chi connectivity index (χ3v) is 5.08. The molecule has 1 heterocycles. The lowest BCUT2D eigenvalue weighted by molar-refractivity contribution is 0.0847. The molecule has 3 aromatic rings. The van der Waals surface area contributed by atoms with Crippen molar-refractivity contribution < 1.29 is 14.6 Å². The number of nitrogens with zero attached hydrogens (tertiary/aromatic N) is 3. The monoisotopic (exact) mass is 464 g/mol. The Kier molecular flexibility index (Phi) is 6.34. The molecule has 7 nitrogen and oxygen atoms in total. The summed E-state index contributed by atoms with van der Waals surface area (Å²) in [4.78, 5) is 12.6. The van der Waals surface area contributed by atoms with Gasteiger partial charge in [-0.2, -0.15) is 10.5 Å². The smallest absolute Gasteiger partial charge is 0.250 e. The highest BCUT2D eigenvalue weighted by Crippen LogP contribution is 2.32. The second-order valence-corrected chi connectivity index (χ2v) is 7.36. The van der Waals surface area contributed by atoms with Crippen molar-refractivity contribution in [1.82, 2.24) is 4.57 Å². The van der Waals surface area contributed by atoms with Crippen LogP contribution in [0.15, 0.2) is 47.1 Å². The molecule has 3 rings (SSSR count). The van der Waals surface area contributed by atoms with Crippen molar-refractivity contribution in [2.45, 2.75) is 6.04 Å². The van der Waals surface area contributed by atoms with Gasteiger partial charge < -0.3 is 15.6 Å². The van der Waals surface area contributed by atoms with Crippen LogP contribution >= 0.6 is 15.9 Å². The molecule has 0 unspecified atom stereocenters. The Bertz CT molecular complexity index is 1250. The molecule has 0 amide bonds. The van der Waals surface area contributed by atoms with E-state index in [1.165, 1.54) is 17.9 Å². The number of hydrogen-bond donors (Lipinski definition) is 2. The van der Waals surface area contributed by atoms with E-state index in [1.54, 1.807) is 42.5 Å². The van der Waals surface area contributed by atoms with E-state index in [-0.39, 0.29) is 5.57 Å². The lowest BCUT2D eigenvalue weighted by Gasteiger charge is -2.08. The van der Waals surface area contributed by atoms with Gasteiger partial charge in [0.15, 0.2) is 0 Å². The molecule has 0 aliphatic rings. The van der Waals surface area contributed by atoms with Crippen molar-refractivity contribution in [1.29, 1.82) is 10.5 Å². The van der Waals surface area contributed by atoms with Gasteiger partial charge in [0.2, 0.25) is 5.91 Å². The number of halogens is 1. The van der Waals surface area contributed by atoms with Gasteiger partial charge in [0, 0.05) is 27.2 Å². The highest BCUT2D eigenvalue weighted by atomic mass is 79.9. The maximum Gasteiger partial charge on any atom is 0.250 e. The number of hydrogen-bond acceptors (Lipinski definition) is 6. The summed E-state index contributed by atoms with van der Waals surface area (Å²) in [5.41, 5.74) is 8.05. The number of allylic oxidation sites excluding steroid dienone is 1. The number of aliphatic hydroxyl groups excluding tert-OH is 1. The summed E-state index contributed by atoms with van der Waals surface area (Å²) in [7, 11) is 1.50. The Morgan fingerprint density at radius 3 is 2.73 bits per heavy atom. The minimum atomic E-state index is -1.08. The maximum absolute atomic E-state index is 12.6. The van der Waals surface area contributed by atoms with Crippen LogP contribution < -0.4 is 10.5 Å². The maximum atomic E-state index is 12.6. The van der Waals surface area contributed by atoms with Gasteiger partial charge in [0.05, 0.1) is 42.5 Å². The van der Waals surface area contributed by atoms with Crippen LogP contribution in [0.1, 0.15) is 21.5 Å². The Hall–Kier alpha value is -3.43. The number of methoxy groups -OCH3 is 1. The van der Waals surface area contributed by atoms with Crippen LogP contribution in [0, 0.1) is 22.7 Å². The lowest BCUT2D eigenvalue weighted by atomic mass is 10.0. The Balaban J connectivity index is 2.26. The molecular formula is C22H17BrN4O3.